The lowest BCUT2D eigenvalue weighted by Gasteiger charge is -2.08. The van der Waals surface area contributed by atoms with Crippen molar-refractivity contribution in [2.75, 3.05) is 0 Å². The predicted octanol–water partition coefficient (Wildman–Crippen LogP) is 2.67. The molecule has 0 atom stereocenters. The van der Waals surface area contributed by atoms with E-state index in [1.165, 1.54) is 0 Å². The Morgan fingerprint density at radius 3 is 2.38 bits per heavy atom. The second-order valence-electron chi connectivity index (χ2n) is 3.38. The molecular weight excluding hydrogens is 223 g/mol. The van der Waals surface area contributed by atoms with Gasteiger partial charge in [0, 0.05) is 6.20 Å². The number of carbonyl (C=O) groups excluding carboxylic acids is 1. The van der Waals surface area contributed by atoms with Crippen LogP contribution in [0.3, 0.4) is 0 Å². The Morgan fingerprint density at radius 1 is 1.38 bits per heavy atom. The largest absolute Gasteiger partial charge is 0.459 e. The second-order valence-corrected chi connectivity index (χ2v) is 3.38. The van der Waals surface area contributed by atoms with Gasteiger partial charge in [-0.3, -0.25) is 4.98 Å². The normalized spacial score (nSPS) is 11.6. The minimum atomic E-state index is -4.50. The van der Waals surface area contributed by atoms with Crippen molar-refractivity contribution < 1.29 is 22.7 Å². The van der Waals surface area contributed by atoms with Crippen LogP contribution in [-0.4, -0.2) is 17.1 Å². The summed E-state index contributed by atoms with van der Waals surface area (Å²) in [5, 5.41) is 0. The molecule has 0 aliphatic carbocycles. The molecule has 0 aliphatic heterocycles. The number of pyridine rings is 1. The molecule has 0 saturated heterocycles. The number of ether oxygens (including phenoxy) is 1. The van der Waals surface area contributed by atoms with Gasteiger partial charge in [-0.2, -0.15) is 13.2 Å². The Bertz CT molecular complexity index is 371. The van der Waals surface area contributed by atoms with Crippen molar-refractivity contribution in [3.63, 3.8) is 0 Å². The van der Waals surface area contributed by atoms with Crippen LogP contribution < -0.4 is 0 Å². The van der Waals surface area contributed by atoms with Crippen molar-refractivity contribution in [2.45, 2.75) is 26.1 Å². The maximum atomic E-state index is 12.2. The summed E-state index contributed by atoms with van der Waals surface area (Å²) >= 11 is 0. The first-order valence-corrected chi connectivity index (χ1v) is 4.55. The fourth-order valence-corrected chi connectivity index (χ4v) is 0.964. The molecule has 16 heavy (non-hydrogen) atoms. The molecule has 0 aromatic carbocycles. The summed E-state index contributed by atoms with van der Waals surface area (Å²) in [5.74, 6) is -0.684. The van der Waals surface area contributed by atoms with E-state index >= 15 is 0 Å². The molecule has 0 fully saturated rings. The van der Waals surface area contributed by atoms with Crippen LogP contribution in [0.15, 0.2) is 18.3 Å². The summed E-state index contributed by atoms with van der Waals surface area (Å²) in [4.78, 5) is 14.4. The van der Waals surface area contributed by atoms with Crippen LogP contribution in [0, 0.1) is 0 Å². The summed E-state index contributed by atoms with van der Waals surface area (Å²) in [7, 11) is 0. The molecule has 1 rings (SSSR count). The van der Waals surface area contributed by atoms with Crippen LogP contribution in [0.4, 0.5) is 13.2 Å². The summed E-state index contributed by atoms with van der Waals surface area (Å²) in [6, 6.07) is 1.79. The SMILES string of the molecule is CC(C)OC(=O)c1ccc(C(F)(F)F)nc1. The first-order valence-electron chi connectivity index (χ1n) is 4.55. The topological polar surface area (TPSA) is 39.2 Å². The highest BCUT2D eigenvalue weighted by molar-refractivity contribution is 5.89. The molecule has 1 heterocycles. The van der Waals surface area contributed by atoms with Gasteiger partial charge >= 0.3 is 12.1 Å². The smallest absolute Gasteiger partial charge is 0.433 e. The van der Waals surface area contributed by atoms with Crippen LogP contribution in [0.5, 0.6) is 0 Å². The summed E-state index contributed by atoms with van der Waals surface area (Å²) < 4.78 is 41.3. The number of esters is 1. The highest BCUT2D eigenvalue weighted by atomic mass is 19.4. The van der Waals surface area contributed by atoms with Gasteiger partial charge in [-0.25, -0.2) is 4.79 Å². The third kappa shape index (κ3) is 3.22. The standard InChI is InChI=1S/C10H10F3NO2/c1-6(2)16-9(15)7-3-4-8(14-5-7)10(11,12)13/h3-6H,1-2H3. The number of rotatable bonds is 2. The van der Waals surface area contributed by atoms with Gasteiger partial charge in [0.15, 0.2) is 0 Å². The Morgan fingerprint density at radius 2 is 2.00 bits per heavy atom. The van der Waals surface area contributed by atoms with Gasteiger partial charge in [0.1, 0.15) is 5.69 Å². The van der Waals surface area contributed by atoms with Crippen LogP contribution in [0.1, 0.15) is 29.9 Å². The van der Waals surface area contributed by atoms with Crippen LogP contribution in [-0.2, 0) is 10.9 Å². The first kappa shape index (κ1) is 12.5. The van der Waals surface area contributed by atoms with E-state index in [2.05, 4.69) is 4.98 Å². The summed E-state index contributed by atoms with van der Waals surface area (Å²) in [6.45, 7) is 3.30. The van der Waals surface area contributed by atoms with E-state index in [-0.39, 0.29) is 11.7 Å². The van der Waals surface area contributed by atoms with E-state index in [1.54, 1.807) is 13.8 Å². The highest BCUT2D eigenvalue weighted by Gasteiger charge is 2.32. The molecule has 3 nitrogen and oxygen atoms in total. The maximum absolute atomic E-state index is 12.2. The Kier molecular flexibility index (Phi) is 3.51. The zero-order valence-corrected chi connectivity index (χ0v) is 8.71. The fraction of sp³-hybridized carbons (Fsp3) is 0.400. The third-order valence-corrected chi connectivity index (χ3v) is 1.63. The fourth-order valence-electron chi connectivity index (χ4n) is 0.964. The lowest BCUT2D eigenvalue weighted by atomic mass is 10.2. The number of halogens is 3. The molecule has 0 N–H and O–H groups in total. The lowest BCUT2D eigenvalue weighted by Crippen LogP contribution is -2.13. The minimum Gasteiger partial charge on any atom is -0.459 e. The van der Waals surface area contributed by atoms with E-state index in [1.807, 2.05) is 0 Å². The predicted molar refractivity (Wildman–Crippen MR) is 49.8 cm³/mol. The van der Waals surface area contributed by atoms with Crippen molar-refractivity contribution in [3.8, 4) is 0 Å². The zero-order valence-electron chi connectivity index (χ0n) is 8.71. The quantitative estimate of drug-likeness (QED) is 0.737. The molecule has 0 unspecified atom stereocenters. The van der Waals surface area contributed by atoms with E-state index < -0.39 is 17.8 Å². The zero-order chi connectivity index (χ0) is 12.3. The average Bonchev–Trinajstić information content (AvgIpc) is 2.15. The van der Waals surface area contributed by atoms with Crippen molar-refractivity contribution in [3.05, 3.63) is 29.6 Å². The minimum absolute atomic E-state index is 0.00157. The highest BCUT2D eigenvalue weighted by Crippen LogP contribution is 2.27. The number of carbonyl (C=O) groups is 1. The molecule has 0 saturated carbocycles. The van der Waals surface area contributed by atoms with Crippen molar-refractivity contribution in [1.82, 2.24) is 4.98 Å². The van der Waals surface area contributed by atoms with Crippen LogP contribution in [0.2, 0.25) is 0 Å². The van der Waals surface area contributed by atoms with Crippen LogP contribution >= 0.6 is 0 Å². The third-order valence-electron chi connectivity index (χ3n) is 1.63. The number of hydrogen-bond donors (Lipinski definition) is 0. The van der Waals surface area contributed by atoms with E-state index in [0.29, 0.717) is 0 Å². The van der Waals surface area contributed by atoms with Gasteiger partial charge in [0.2, 0.25) is 0 Å². The van der Waals surface area contributed by atoms with E-state index in [0.717, 1.165) is 18.3 Å². The molecule has 0 spiro atoms. The molecule has 0 aliphatic rings. The second kappa shape index (κ2) is 4.51. The van der Waals surface area contributed by atoms with Gasteiger partial charge < -0.3 is 4.74 Å². The molecular formula is C10H10F3NO2. The Balaban J connectivity index is 2.83. The van der Waals surface area contributed by atoms with Gasteiger partial charge in [-0.05, 0) is 26.0 Å². The number of hydrogen-bond acceptors (Lipinski definition) is 3. The van der Waals surface area contributed by atoms with Gasteiger partial charge in [-0.1, -0.05) is 0 Å². The summed E-state index contributed by atoms with van der Waals surface area (Å²) in [5.41, 5.74) is -1.03. The van der Waals surface area contributed by atoms with E-state index in [9.17, 15) is 18.0 Å². The number of nitrogens with zero attached hydrogens (tertiary/aromatic N) is 1. The number of alkyl halides is 3. The molecule has 6 heteroatoms. The average molecular weight is 233 g/mol. The maximum Gasteiger partial charge on any atom is 0.433 e. The molecule has 0 radical (unpaired) electrons. The Hall–Kier alpha value is -1.59. The van der Waals surface area contributed by atoms with Gasteiger partial charge in [0.25, 0.3) is 0 Å². The monoisotopic (exact) mass is 233 g/mol. The molecule has 1 aromatic rings. The van der Waals surface area contributed by atoms with Gasteiger partial charge in [-0.15, -0.1) is 0 Å². The first-order chi connectivity index (χ1) is 7.30. The lowest BCUT2D eigenvalue weighted by molar-refractivity contribution is -0.141. The molecule has 1 aromatic heterocycles. The number of aromatic nitrogens is 1. The van der Waals surface area contributed by atoms with Crippen LogP contribution in [0.25, 0.3) is 0 Å². The van der Waals surface area contributed by atoms with Gasteiger partial charge in [0.05, 0.1) is 11.7 Å². The molecule has 0 bridgehead atoms. The van der Waals surface area contributed by atoms with Crippen molar-refractivity contribution in [1.29, 1.82) is 0 Å². The molecule has 0 amide bonds. The Labute approximate surface area is 90.2 Å². The summed E-state index contributed by atoms with van der Waals surface area (Å²) in [6.07, 6.45) is -3.97. The molecule has 88 valence electrons. The van der Waals surface area contributed by atoms with E-state index in [4.69, 9.17) is 4.74 Å². The van der Waals surface area contributed by atoms with Crippen molar-refractivity contribution in [2.24, 2.45) is 0 Å². The van der Waals surface area contributed by atoms with Crippen molar-refractivity contribution >= 4 is 5.97 Å².